The minimum absolute atomic E-state index is 0.108. The van der Waals surface area contributed by atoms with E-state index in [1.165, 1.54) is 19.3 Å². The van der Waals surface area contributed by atoms with Gasteiger partial charge in [-0.2, -0.15) is 0 Å². The van der Waals surface area contributed by atoms with E-state index in [-0.39, 0.29) is 5.91 Å². The summed E-state index contributed by atoms with van der Waals surface area (Å²) in [5.41, 5.74) is 3.56. The van der Waals surface area contributed by atoms with Crippen LogP contribution in [0, 0.1) is 0 Å². The Morgan fingerprint density at radius 1 is 0.897 bits per heavy atom. The molecule has 6 heteroatoms. The molecule has 1 aliphatic heterocycles. The van der Waals surface area contributed by atoms with Crippen LogP contribution in [0.1, 0.15) is 35.2 Å². The highest BCUT2D eigenvalue weighted by Crippen LogP contribution is 2.21. The van der Waals surface area contributed by atoms with Crippen molar-refractivity contribution in [3.05, 3.63) is 77.1 Å². The van der Waals surface area contributed by atoms with Crippen molar-refractivity contribution < 1.29 is 4.79 Å². The number of nitrogens with zero attached hydrogens (tertiary/aromatic N) is 3. The predicted octanol–water partition coefficient (Wildman–Crippen LogP) is 4.72. The second-order valence-electron chi connectivity index (χ2n) is 7.21. The normalized spacial score (nSPS) is 13.9. The first-order chi connectivity index (χ1) is 14.2. The summed E-state index contributed by atoms with van der Waals surface area (Å²) in [6.07, 6.45) is 7.40. The molecule has 0 unspecified atom stereocenters. The van der Waals surface area contributed by atoms with Crippen LogP contribution in [0.4, 0.5) is 5.95 Å². The average molecular weight is 407 g/mol. The number of anilines is 1. The molecule has 1 fully saturated rings. The van der Waals surface area contributed by atoms with Crippen molar-refractivity contribution in [3.63, 3.8) is 0 Å². The van der Waals surface area contributed by atoms with Gasteiger partial charge in [-0.25, -0.2) is 9.97 Å². The first-order valence-electron chi connectivity index (χ1n) is 9.89. The molecule has 5 nitrogen and oxygen atoms in total. The summed E-state index contributed by atoms with van der Waals surface area (Å²) in [6, 6.07) is 14.9. The van der Waals surface area contributed by atoms with Gasteiger partial charge in [-0.15, -0.1) is 0 Å². The molecular formula is C23H23ClN4O. The molecule has 1 N–H and O–H groups in total. The Morgan fingerprint density at radius 3 is 2.21 bits per heavy atom. The second kappa shape index (κ2) is 9.05. The first-order valence-corrected chi connectivity index (χ1v) is 10.3. The third-order valence-corrected chi connectivity index (χ3v) is 5.38. The number of piperidine rings is 1. The van der Waals surface area contributed by atoms with Gasteiger partial charge in [0.05, 0.1) is 0 Å². The largest absolute Gasteiger partial charge is 0.348 e. The maximum Gasteiger partial charge on any atom is 0.251 e. The Labute approximate surface area is 175 Å². The van der Waals surface area contributed by atoms with Crippen molar-refractivity contribution in [2.24, 2.45) is 0 Å². The minimum Gasteiger partial charge on any atom is -0.348 e. The molecule has 0 spiro atoms. The molecule has 1 amide bonds. The fraction of sp³-hybridized carbons (Fsp3) is 0.261. The van der Waals surface area contributed by atoms with Gasteiger partial charge in [0.25, 0.3) is 5.91 Å². The van der Waals surface area contributed by atoms with E-state index in [2.05, 4.69) is 20.2 Å². The quantitative estimate of drug-likeness (QED) is 0.666. The molecule has 2 aromatic carbocycles. The highest BCUT2D eigenvalue weighted by atomic mass is 35.5. The molecule has 1 aliphatic rings. The van der Waals surface area contributed by atoms with Crippen molar-refractivity contribution in [1.29, 1.82) is 0 Å². The van der Waals surface area contributed by atoms with Crippen LogP contribution in [-0.2, 0) is 6.54 Å². The van der Waals surface area contributed by atoms with Crippen LogP contribution in [0.15, 0.2) is 60.9 Å². The molecule has 4 rings (SSSR count). The molecule has 1 saturated heterocycles. The van der Waals surface area contributed by atoms with Crippen molar-refractivity contribution in [1.82, 2.24) is 15.3 Å². The summed E-state index contributed by atoms with van der Waals surface area (Å²) in [6.45, 7) is 2.52. The average Bonchev–Trinajstić information content (AvgIpc) is 2.79. The Bertz CT molecular complexity index is 950. The monoisotopic (exact) mass is 406 g/mol. The lowest BCUT2D eigenvalue weighted by Crippen LogP contribution is -2.30. The molecule has 0 radical (unpaired) electrons. The number of hydrogen-bond acceptors (Lipinski definition) is 4. The van der Waals surface area contributed by atoms with Crippen molar-refractivity contribution in [2.75, 3.05) is 18.0 Å². The maximum atomic E-state index is 12.4. The van der Waals surface area contributed by atoms with Crippen LogP contribution >= 0.6 is 11.6 Å². The molecule has 0 saturated carbocycles. The lowest BCUT2D eigenvalue weighted by molar-refractivity contribution is 0.0951. The van der Waals surface area contributed by atoms with E-state index < -0.39 is 0 Å². The van der Waals surface area contributed by atoms with E-state index in [9.17, 15) is 4.79 Å². The van der Waals surface area contributed by atoms with Gasteiger partial charge in [-0.05, 0) is 54.7 Å². The molecule has 2 heterocycles. The predicted molar refractivity (Wildman–Crippen MR) is 116 cm³/mol. The van der Waals surface area contributed by atoms with Crippen LogP contribution < -0.4 is 10.2 Å². The molecule has 148 valence electrons. The van der Waals surface area contributed by atoms with Gasteiger partial charge in [0, 0.05) is 48.2 Å². The lowest BCUT2D eigenvalue weighted by atomic mass is 10.1. The zero-order valence-corrected chi connectivity index (χ0v) is 16.9. The lowest BCUT2D eigenvalue weighted by Gasteiger charge is -2.26. The van der Waals surface area contributed by atoms with E-state index in [4.69, 9.17) is 11.6 Å². The van der Waals surface area contributed by atoms with Gasteiger partial charge in [0.15, 0.2) is 0 Å². The number of nitrogens with one attached hydrogen (secondary N) is 1. The van der Waals surface area contributed by atoms with Crippen LogP contribution in [0.5, 0.6) is 0 Å². The summed E-state index contributed by atoms with van der Waals surface area (Å²) in [5, 5.41) is 3.61. The fourth-order valence-electron chi connectivity index (χ4n) is 3.43. The summed E-state index contributed by atoms with van der Waals surface area (Å²) < 4.78 is 0. The molecule has 0 atom stereocenters. The molecule has 0 aliphatic carbocycles. The summed E-state index contributed by atoms with van der Waals surface area (Å²) >= 11 is 5.89. The Morgan fingerprint density at radius 2 is 1.55 bits per heavy atom. The SMILES string of the molecule is O=C(NCc1ccc(Cl)cc1)c1ccc(-c2cnc(N3CCCCC3)nc2)cc1. The number of carbonyl (C=O) groups excluding carboxylic acids is 1. The van der Waals surface area contributed by atoms with E-state index in [0.717, 1.165) is 35.7 Å². The molecule has 3 aromatic rings. The van der Waals surface area contributed by atoms with Crippen LogP contribution in [-0.4, -0.2) is 29.0 Å². The number of halogens is 1. The van der Waals surface area contributed by atoms with Gasteiger partial charge in [-0.3, -0.25) is 4.79 Å². The number of aromatic nitrogens is 2. The smallest absolute Gasteiger partial charge is 0.251 e. The number of amides is 1. The zero-order valence-electron chi connectivity index (χ0n) is 16.1. The Balaban J connectivity index is 1.38. The zero-order chi connectivity index (χ0) is 20.1. The van der Waals surface area contributed by atoms with E-state index in [0.29, 0.717) is 17.1 Å². The maximum absolute atomic E-state index is 12.4. The van der Waals surface area contributed by atoms with Gasteiger partial charge in [0.1, 0.15) is 0 Å². The van der Waals surface area contributed by atoms with E-state index in [1.54, 1.807) is 0 Å². The fourth-order valence-corrected chi connectivity index (χ4v) is 3.55. The summed E-state index contributed by atoms with van der Waals surface area (Å²) in [5.74, 6) is 0.690. The van der Waals surface area contributed by atoms with Gasteiger partial charge < -0.3 is 10.2 Å². The molecule has 29 heavy (non-hydrogen) atoms. The van der Waals surface area contributed by atoms with Crippen molar-refractivity contribution in [3.8, 4) is 11.1 Å². The van der Waals surface area contributed by atoms with Crippen molar-refractivity contribution >= 4 is 23.5 Å². The minimum atomic E-state index is -0.108. The third kappa shape index (κ3) is 4.93. The number of hydrogen-bond donors (Lipinski definition) is 1. The number of benzene rings is 2. The van der Waals surface area contributed by atoms with Crippen LogP contribution in [0.2, 0.25) is 5.02 Å². The molecule has 0 bridgehead atoms. The van der Waals surface area contributed by atoms with Gasteiger partial charge in [0.2, 0.25) is 5.95 Å². The van der Waals surface area contributed by atoms with Gasteiger partial charge in [-0.1, -0.05) is 35.9 Å². The standard InChI is InChI=1S/C23H23ClN4O/c24-21-10-4-17(5-11-21)14-25-22(29)19-8-6-18(7-9-19)20-15-26-23(27-16-20)28-12-2-1-3-13-28/h4-11,15-16H,1-3,12-14H2,(H,25,29). The Kier molecular flexibility index (Phi) is 6.06. The van der Waals surface area contributed by atoms with Gasteiger partial charge >= 0.3 is 0 Å². The van der Waals surface area contributed by atoms with Crippen LogP contribution in [0.3, 0.4) is 0 Å². The highest BCUT2D eigenvalue weighted by Gasteiger charge is 2.13. The molecule has 1 aromatic heterocycles. The number of carbonyl (C=O) groups is 1. The van der Waals surface area contributed by atoms with E-state index >= 15 is 0 Å². The van der Waals surface area contributed by atoms with Crippen LogP contribution in [0.25, 0.3) is 11.1 Å². The second-order valence-corrected chi connectivity index (χ2v) is 7.64. The number of rotatable bonds is 5. The van der Waals surface area contributed by atoms with E-state index in [1.807, 2.05) is 60.9 Å². The highest BCUT2D eigenvalue weighted by molar-refractivity contribution is 6.30. The van der Waals surface area contributed by atoms with Crippen molar-refractivity contribution in [2.45, 2.75) is 25.8 Å². The molecular weight excluding hydrogens is 384 g/mol. The third-order valence-electron chi connectivity index (χ3n) is 5.12. The topological polar surface area (TPSA) is 58.1 Å². The summed E-state index contributed by atoms with van der Waals surface area (Å²) in [4.78, 5) is 23.7. The Hall–Kier alpha value is -2.92. The first kappa shape index (κ1) is 19.4. The summed E-state index contributed by atoms with van der Waals surface area (Å²) in [7, 11) is 0.